The Hall–Kier alpha value is -2.51. The van der Waals surface area contributed by atoms with Gasteiger partial charge >= 0.3 is 6.03 Å². The number of halogens is 1. The summed E-state index contributed by atoms with van der Waals surface area (Å²) in [5, 5.41) is 12.2. The monoisotopic (exact) mass is 285 g/mol. The number of urea groups is 1. The van der Waals surface area contributed by atoms with Crippen molar-refractivity contribution >= 4 is 23.3 Å². The van der Waals surface area contributed by atoms with Crippen molar-refractivity contribution in [3.63, 3.8) is 0 Å². The van der Waals surface area contributed by atoms with E-state index in [1.165, 1.54) is 0 Å². The lowest BCUT2D eigenvalue weighted by atomic mass is 9.92. The molecule has 0 aliphatic rings. The maximum absolute atomic E-state index is 10.8. The lowest BCUT2D eigenvalue weighted by Gasteiger charge is -2.13. The Morgan fingerprint density at radius 1 is 1.25 bits per heavy atom. The standard InChI is InChI=1S/C15H12ClN3O/c16-14-8-11(19-15(18)20)6-7-12(14)13(9-17)10-4-2-1-3-5-10/h1-8,13H,(H3,18,19,20)/t13-/m1/s1. The molecule has 0 aromatic heterocycles. The van der Waals surface area contributed by atoms with Gasteiger partial charge in [0.15, 0.2) is 0 Å². The van der Waals surface area contributed by atoms with E-state index in [1.54, 1.807) is 18.2 Å². The van der Waals surface area contributed by atoms with E-state index in [0.29, 0.717) is 16.3 Å². The first-order chi connectivity index (χ1) is 9.61. The Morgan fingerprint density at radius 2 is 1.95 bits per heavy atom. The van der Waals surface area contributed by atoms with Crippen LogP contribution in [0.4, 0.5) is 10.5 Å². The molecule has 0 aliphatic heterocycles. The summed E-state index contributed by atoms with van der Waals surface area (Å²) in [5.41, 5.74) is 7.10. The molecule has 4 nitrogen and oxygen atoms in total. The Labute approximate surface area is 121 Å². The van der Waals surface area contributed by atoms with Gasteiger partial charge in [-0.05, 0) is 23.3 Å². The van der Waals surface area contributed by atoms with Gasteiger partial charge in [-0.2, -0.15) is 5.26 Å². The van der Waals surface area contributed by atoms with Gasteiger partial charge in [0, 0.05) is 10.7 Å². The molecule has 0 unspecified atom stereocenters. The third-order valence-electron chi connectivity index (χ3n) is 2.84. The molecule has 3 N–H and O–H groups in total. The second kappa shape index (κ2) is 6.09. The van der Waals surface area contributed by atoms with Crippen LogP contribution >= 0.6 is 11.6 Å². The smallest absolute Gasteiger partial charge is 0.316 e. The molecule has 1 atom stereocenters. The Kier molecular flexibility index (Phi) is 4.24. The van der Waals surface area contributed by atoms with E-state index < -0.39 is 11.9 Å². The van der Waals surface area contributed by atoms with Crippen LogP contribution < -0.4 is 11.1 Å². The highest BCUT2D eigenvalue weighted by Crippen LogP contribution is 2.31. The summed E-state index contributed by atoms with van der Waals surface area (Å²) in [5.74, 6) is -0.452. The Morgan fingerprint density at radius 3 is 2.50 bits per heavy atom. The van der Waals surface area contributed by atoms with Crippen LogP contribution in [0.5, 0.6) is 0 Å². The van der Waals surface area contributed by atoms with Gasteiger partial charge in [0.25, 0.3) is 0 Å². The summed E-state index contributed by atoms with van der Waals surface area (Å²) >= 11 is 6.19. The number of nitrogens with two attached hydrogens (primary N) is 1. The molecule has 0 aliphatic carbocycles. The predicted octanol–water partition coefficient (Wildman–Crippen LogP) is 3.49. The first-order valence-electron chi connectivity index (χ1n) is 5.92. The molecule has 0 saturated heterocycles. The van der Waals surface area contributed by atoms with Crippen LogP contribution in [0.15, 0.2) is 48.5 Å². The minimum atomic E-state index is -0.659. The minimum Gasteiger partial charge on any atom is -0.351 e. The van der Waals surface area contributed by atoms with Gasteiger partial charge in [-0.25, -0.2) is 4.79 Å². The van der Waals surface area contributed by atoms with Crippen molar-refractivity contribution in [3.05, 3.63) is 64.7 Å². The Bertz CT molecular complexity index is 665. The molecular formula is C15H12ClN3O. The zero-order valence-corrected chi connectivity index (χ0v) is 11.3. The van der Waals surface area contributed by atoms with Crippen molar-refractivity contribution in [2.75, 3.05) is 5.32 Å². The third kappa shape index (κ3) is 3.08. The van der Waals surface area contributed by atoms with E-state index in [-0.39, 0.29) is 0 Å². The molecule has 20 heavy (non-hydrogen) atoms. The number of primary amides is 1. The van der Waals surface area contributed by atoms with Crippen LogP contribution in [0.2, 0.25) is 5.02 Å². The van der Waals surface area contributed by atoms with Gasteiger partial charge < -0.3 is 11.1 Å². The molecule has 2 aromatic rings. The first-order valence-corrected chi connectivity index (χ1v) is 6.30. The first kappa shape index (κ1) is 13.9. The van der Waals surface area contributed by atoms with Gasteiger partial charge in [-0.15, -0.1) is 0 Å². The maximum Gasteiger partial charge on any atom is 0.316 e. The summed E-state index contributed by atoms with van der Waals surface area (Å²) in [7, 11) is 0. The summed E-state index contributed by atoms with van der Waals surface area (Å²) < 4.78 is 0. The third-order valence-corrected chi connectivity index (χ3v) is 3.17. The lowest BCUT2D eigenvalue weighted by Crippen LogP contribution is -2.19. The number of nitrogens with zero attached hydrogens (tertiary/aromatic N) is 1. The van der Waals surface area contributed by atoms with E-state index in [4.69, 9.17) is 17.3 Å². The van der Waals surface area contributed by atoms with E-state index in [1.807, 2.05) is 30.3 Å². The molecule has 5 heteroatoms. The van der Waals surface area contributed by atoms with Crippen molar-refractivity contribution in [2.45, 2.75) is 5.92 Å². The summed E-state index contributed by atoms with van der Waals surface area (Å²) in [6.45, 7) is 0. The molecule has 0 bridgehead atoms. The molecule has 0 fully saturated rings. The predicted molar refractivity (Wildman–Crippen MR) is 78.6 cm³/mol. The fourth-order valence-corrected chi connectivity index (χ4v) is 2.24. The quantitative estimate of drug-likeness (QED) is 0.905. The fourth-order valence-electron chi connectivity index (χ4n) is 1.95. The summed E-state index contributed by atoms with van der Waals surface area (Å²) in [6, 6.07) is 15.9. The number of nitrogens with one attached hydrogen (secondary N) is 1. The minimum absolute atomic E-state index is 0.409. The van der Waals surface area contributed by atoms with E-state index >= 15 is 0 Å². The number of hydrogen-bond donors (Lipinski definition) is 2. The molecule has 2 amide bonds. The number of carbonyl (C=O) groups is 1. The fraction of sp³-hybridized carbons (Fsp3) is 0.0667. The highest BCUT2D eigenvalue weighted by Gasteiger charge is 2.16. The van der Waals surface area contributed by atoms with Crippen LogP contribution in [-0.2, 0) is 0 Å². The van der Waals surface area contributed by atoms with Gasteiger partial charge in [0.2, 0.25) is 0 Å². The Balaban J connectivity index is 2.37. The lowest BCUT2D eigenvalue weighted by molar-refractivity contribution is 0.259. The van der Waals surface area contributed by atoms with Crippen molar-refractivity contribution in [2.24, 2.45) is 5.73 Å². The van der Waals surface area contributed by atoms with Crippen LogP contribution in [0, 0.1) is 11.3 Å². The summed E-state index contributed by atoms with van der Waals surface area (Å²) in [6.07, 6.45) is 0. The molecule has 0 saturated carbocycles. The van der Waals surface area contributed by atoms with Gasteiger partial charge in [0.1, 0.15) is 0 Å². The second-order valence-electron chi connectivity index (χ2n) is 4.20. The molecule has 0 radical (unpaired) electrons. The SMILES string of the molecule is N#C[C@H](c1ccccc1)c1ccc(NC(N)=O)cc1Cl. The average Bonchev–Trinajstić information content (AvgIpc) is 2.42. The average molecular weight is 286 g/mol. The topological polar surface area (TPSA) is 78.9 Å². The molecule has 0 heterocycles. The van der Waals surface area contributed by atoms with E-state index in [2.05, 4.69) is 11.4 Å². The van der Waals surface area contributed by atoms with Gasteiger partial charge in [0.05, 0.1) is 12.0 Å². The van der Waals surface area contributed by atoms with Gasteiger partial charge in [-0.3, -0.25) is 0 Å². The van der Waals surface area contributed by atoms with E-state index in [0.717, 1.165) is 5.56 Å². The number of hydrogen-bond acceptors (Lipinski definition) is 2. The molecule has 100 valence electrons. The van der Waals surface area contributed by atoms with E-state index in [9.17, 15) is 10.1 Å². The normalized spacial score (nSPS) is 11.4. The second-order valence-corrected chi connectivity index (χ2v) is 4.61. The van der Waals surface area contributed by atoms with Gasteiger partial charge in [-0.1, -0.05) is 48.0 Å². The highest BCUT2D eigenvalue weighted by molar-refractivity contribution is 6.31. The van der Waals surface area contributed by atoms with Crippen molar-refractivity contribution in [3.8, 4) is 6.07 Å². The van der Waals surface area contributed by atoms with Crippen molar-refractivity contribution in [1.82, 2.24) is 0 Å². The number of nitriles is 1. The van der Waals surface area contributed by atoms with Crippen LogP contribution in [0.1, 0.15) is 17.0 Å². The largest absolute Gasteiger partial charge is 0.351 e. The number of anilines is 1. The molecule has 2 aromatic carbocycles. The number of carbonyl (C=O) groups excluding carboxylic acids is 1. The van der Waals surface area contributed by atoms with Crippen molar-refractivity contribution < 1.29 is 4.79 Å². The zero-order valence-electron chi connectivity index (χ0n) is 10.5. The number of rotatable bonds is 3. The zero-order chi connectivity index (χ0) is 14.5. The maximum atomic E-state index is 10.8. The van der Waals surface area contributed by atoms with Crippen LogP contribution in [-0.4, -0.2) is 6.03 Å². The van der Waals surface area contributed by atoms with Crippen LogP contribution in [0.3, 0.4) is 0 Å². The summed E-state index contributed by atoms with van der Waals surface area (Å²) in [4.78, 5) is 10.8. The molecule has 2 rings (SSSR count). The van der Waals surface area contributed by atoms with Crippen molar-refractivity contribution in [1.29, 1.82) is 5.26 Å². The van der Waals surface area contributed by atoms with Crippen LogP contribution in [0.25, 0.3) is 0 Å². The molecule has 0 spiro atoms. The molecular weight excluding hydrogens is 274 g/mol. The number of amides is 2. The highest BCUT2D eigenvalue weighted by atomic mass is 35.5. The number of benzene rings is 2.